The van der Waals surface area contributed by atoms with Crippen LogP contribution in [0.5, 0.6) is 0 Å². The molecule has 0 fully saturated rings. The Morgan fingerprint density at radius 3 is 0.798 bits per heavy atom. The Hall–Kier alpha value is -6.92. The number of nitrogens with zero attached hydrogens (tertiary/aromatic N) is 1. The number of rotatable bonds is 60. The fraction of sp³-hybridized carbons (Fsp3) is 0.800. The predicted molar refractivity (Wildman–Crippen MR) is 352 cm³/mol. The molecule has 34 nitrogen and oxygen atoms in total. The Balaban J connectivity index is 8.22. The number of hydrogen-bond acceptors (Lipinski definition) is 24. The summed E-state index contributed by atoms with van der Waals surface area (Å²) >= 11 is 0. The van der Waals surface area contributed by atoms with Crippen LogP contribution in [0.3, 0.4) is 0 Å². The molecule has 0 aromatic carbocycles. The van der Waals surface area contributed by atoms with Crippen molar-refractivity contribution in [1.29, 1.82) is 0 Å². The molecule has 0 aromatic rings. The number of ketones is 2. The van der Waals surface area contributed by atoms with E-state index in [0.717, 1.165) is 0 Å². The van der Waals surface area contributed by atoms with Gasteiger partial charge < -0.3 is 104 Å². The first-order valence-corrected chi connectivity index (χ1v) is 33.0. The minimum atomic E-state index is -2.36. The van der Waals surface area contributed by atoms with Crippen molar-refractivity contribution in [1.82, 2.24) is 47.9 Å². The number of nitrogens with one attached hydrogen (secondary N) is 9. The van der Waals surface area contributed by atoms with Crippen LogP contribution in [0.2, 0.25) is 0 Å². The van der Waals surface area contributed by atoms with Crippen molar-refractivity contribution in [2.75, 3.05) is 105 Å². The van der Waals surface area contributed by atoms with E-state index < -0.39 is 125 Å². The average molecular weight is 1340 g/mol. The summed E-state index contributed by atoms with van der Waals surface area (Å²) in [6.45, 7) is 1.92. The van der Waals surface area contributed by atoms with E-state index in [1.165, 1.54) is 0 Å². The summed E-state index contributed by atoms with van der Waals surface area (Å²) in [5.74, 6) is -6.54. The Morgan fingerprint density at radius 1 is 0.298 bits per heavy atom. The van der Waals surface area contributed by atoms with Gasteiger partial charge in [0.05, 0.1) is 6.42 Å². The monoisotopic (exact) mass is 1340 g/mol. The third kappa shape index (κ3) is 40.4. The second-order valence-electron chi connectivity index (χ2n) is 23.6. The Morgan fingerprint density at radius 2 is 0.532 bits per heavy atom. The largest absolute Gasteiger partial charge is 0.459 e. The molecule has 0 radical (unpaired) electrons. The lowest BCUT2D eigenvalue weighted by atomic mass is 9.81. The summed E-state index contributed by atoms with van der Waals surface area (Å²) < 4.78 is 6.25. The van der Waals surface area contributed by atoms with Crippen LogP contribution in [0.15, 0.2) is 0 Å². The van der Waals surface area contributed by atoms with Crippen LogP contribution in [0.1, 0.15) is 180 Å². The number of nitrogens with two attached hydrogens (primary N) is 9. The summed E-state index contributed by atoms with van der Waals surface area (Å²) in [6.07, 6.45) is -6.61. The van der Waals surface area contributed by atoms with Gasteiger partial charge in [-0.05, 0) is 83.7 Å². The van der Waals surface area contributed by atoms with E-state index in [-0.39, 0.29) is 245 Å². The molecule has 34 heteroatoms. The highest BCUT2D eigenvalue weighted by atomic mass is 16.6. The Bertz CT molecular complexity index is 1920. The van der Waals surface area contributed by atoms with E-state index in [1.807, 2.05) is 0 Å². The lowest BCUT2D eigenvalue weighted by Crippen LogP contribution is -2.52. The zero-order chi connectivity index (χ0) is 70.7. The van der Waals surface area contributed by atoms with Gasteiger partial charge in [0.1, 0.15) is 17.2 Å². The van der Waals surface area contributed by atoms with Crippen molar-refractivity contribution >= 4 is 70.7 Å². The molecule has 0 aliphatic heterocycles. The zero-order valence-electron chi connectivity index (χ0n) is 55.4. The van der Waals surface area contributed by atoms with Gasteiger partial charge in [0.2, 0.25) is 58.7 Å². The second kappa shape index (κ2) is 51.4. The molecule has 0 aliphatic carbocycles. The Labute approximate surface area is 552 Å². The minimum Gasteiger partial charge on any atom is -0.459 e. The molecule has 0 heterocycles. The highest BCUT2D eigenvalue weighted by Crippen LogP contribution is 2.36. The molecule has 27 N–H and O–H groups in total. The minimum absolute atomic E-state index is 0.0722. The highest BCUT2D eigenvalue weighted by molar-refractivity contribution is 5.83. The number of amides is 9. The molecule has 0 aliphatic rings. The normalized spacial score (nSPS) is 12.1. The molecular weight excluding hydrogens is 1230 g/mol. The van der Waals surface area contributed by atoms with Gasteiger partial charge in [-0.25, -0.2) is 0 Å². The molecular formula is C60H115N19O15. The summed E-state index contributed by atoms with van der Waals surface area (Å²) in [5, 5.41) is 38.4. The van der Waals surface area contributed by atoms with Crippen molar-refractivity contribution in [3.8, 4) is 0 Å². The quantitative estimate of drug-likeness (QED) is 0.0155. The smallest absolute Gasteiger partial charge is 0.306 e. The number of hydrogen-bond donors (Lipinski definition) is 18. The molecule has 1 unspecified atom stereocenters. The maximum atomic E-state index is 14.7. The highest BCUT2D eigenvalue weighted by Gasteiger charge is 2.46. The summed E-state index contributed by atoms with van der Waals surface area (Å²) in [6, 6.07) is 0. The van der Waals surface area contributed by atoms with Gasteiger partial charge in [-0.15, -0.1) is 0 Å². The van der Waals surface area contributed by atoms with E-state index in [9.17, 15) is 67.6 Å². The first kappa shape index (κ1) is 87.1. The summed E-state index contributed by atoms with van der Waals surface area (Å²) in [5.41, 5.74) is 43.8. The topological polar surface area (TPSA) is 600 Å². The molecule has 0 saturated heterocycles. The van der Waals surface area contributed by atoms with Gasteiger partial charge in [-0.3, -0.25) is 67.6 Å². The van der Waals surface area contributed by atoms with Gasteiger partial charge >= 0.3 is 5.97 Å². The van der Waals surface area contributed by atoms with E-state index in [1.54, 1.807) is 0 Å². The maximum absolute atomic E-state index is 14.7. The van der Waals surface area contributed by atoms with Crippen molar-refractivity contribution in [3.05, 3.63) is 10.1 Å². The lowest BCUT2D eigenvalue weighted by molar-refractivity contribution is -0.573. The molecule has 0 spiro atoms. The molecule has 94 heavy (non-hydrogen) atoms. The molecule has 0 bridgehead atoms. The van der Waals surface area contributed by atoms with Gasteiger partial charge in [-0.2, -0.15) is 0 Å². The van der Waals surface area contributed by atoms with Crippen LogP contribution >= 0.6 is 0 Å². The van der Waals surface area contributed by atoms with Crippen molar-refractivity contribution in [3.63, 3.8) is 0 Å². The number of carbonyl (C=O) groups excluding carboxylic acids is 12. The standard InChI is InChI=1S/C60H115N19O15/c61-29-1-3-45(80)5-17-57(18-7-47(82)70-38-31-63,19-8-48(83)71-39-32-64)77-54(89)12-23-59(79(92)93,24-13-55(90)78-58(20-9-49(84)72-40-33-65,21-10-50(85)73-41-34-66)22-11-51(86)74-42-35-67)25-16-56(91)94-60(26-6-46(81)4-2-30-62,27-14-52(87)75-43-36-68)28-15-53(88)76-44-37-69/h1-44,61-69H2,(H,70,82)(H,71,83)(H,72,84)(H,73,85)(H,74,86)(H,75,87)(H,76,88)(H,77,89)(H,78,90). The molecule has 0 rings (SSSR count). The van der Waals surface area contributed by atoms with Gasteiger partial charge in [0, 0.05) is 210 Å². The first-order chi connectivity index (χ1) is 44.8. The third-order valence-electron chi connectivity index (χ3n) is 16.1. The van der Waals surface area contributed by atoms with E-state index in [2.05, 4.69) is 47.9 Å². The lowest BCUT2D eigenvalue weighted by Gasteiger charge is -2.36. The SMILES string of the molecule is NCCCC(=O)CCC(CCC(=O)NCCN)(CCC(=O)NCCN)NC(=O)CCC(CCC(=O)NC(CCC(=O)NCCN)(CCC(=O)NCCN)CCC(=O)NCCN)(CCC(=O)OC(CCC(=O)CCCN)(CCC(=O)NCCN)CCC(=O)NCCN)[N+](=O)[O-]. The molecule has 0 aromatic heterocycles. The van der Waals surface area contributed by atoms with E-state index >= 15 is 0 Å². The number of carbonyl (C=O) groups is 12. The van der Waals surface area contributed by atoms with Crippen LogP contribution < -0.4 is 99.5 Å². The third-order valence-corrected chi connectivity index (χ3v) is 16.1. The second-order valence-corrected chi connectivity index (χ2v) is 23.6. The van der Waals surface area contributed by atoms with Crippen molar-refractivity contribution in [2.24, 2.45) is 51.6 Å². The van der Waals surface area contributed by atoms with Gasteiger partial charge in [0.15, 0.2) is 0 Å². The van der Waals surface area contributed by atoms with Gasteiger partial charge in [0.25, 0.3) is 0 Å². The van der Waals surface area contributed by atoms with Crippen LogP contribution in [-0.4, -0.2) is 203 Å². The number of ether oxygens (including phenoxy) is 1. The van der Waals surface area contributed by atoms with Crippen LogP contribution in [-0.2, 0) is 62.3 Å². The van der Waals surface area contributed by atoms with Crippen molar-refractivity contribution < 1.29 is 67.2 Å². The van der Waals surface area contributed by atoms with Crippen LogP contribution in [0.25, 0.3) is 0 Å². The fourth-order valence-electron chi connectivity index (χ4n) is 10.5. The average Bonchev–Trinajstić information content (AvgIpc) is 0.872. The van der Waals surface area contributed by atoms with Crippen LogP contribution in [0.4, 0.5) is 0 Å². The molecule has 9 amide bonds. The number of esters is 1. The van der Waals surface area contributed by atoms with Crippen LogP contribution in [0, 0.1) is 10.1 Å². The number of nitro groups is 1. The summed E-state index contributed by atoms with van der Waals surface area (Å²) in [4.78, 5) is 176. The fourth-order valence-corrected chi connectivity index (χ4v) is 10.5. The predicted octanol–water partition coefficient (Wildman–Crippen LogP) is -4.50. The molecule has 540 valence electrons. The van der Waals surface area contributed by atoms with Crippen molar-refractivity contribution in [2.45, 2.75) is 202 Å². The molecule has 1 atom stereocenters. The van der Waals surface area contributed by atoms with E-state index in [4.69, 9.17) is 56.3 Å². The van der Waals surface area contributed by atoms with E-state index in [0.29, 0.717) is 12.8 Å². The summed E-state index contributed by atoms with van der Waals surface area (Å²) in [7, 11) is 0. The maximum Gasteiger partial charge on any atom is 0.306 e. The molecule has 0 saturated carbocycles. The van der Waals surface area contributed by atoms with Gasteiger partial charge in [-0.1, -0.05) is 0 Å². The number of Topliss-reactive ketones (excluding diaryl/α,β-unsaturated/α-hetero) is 2. The Kier molecular flexibility index (Phi) is 47.6. The first-order valence-electron chi connectivity index (χ1n) is 33.0. The zero-order valence-corrected chi connectivity index (χ0v) is 55.4.